The Bertz CT molecular complexity index is 667. The van der Waals surface area contributed by atoms with E-state index in [2.05, 4.69) is 0 Å². The number of rotatable bonds is 5. The number of carboxylic acid groups (broad SMARTS) is 1. The summed E-state index contributed by atoms with van der Waals surface area (Å²) in [6.45, 7) is 2.04. The SMILES string of the molecule is CCc1ccc(Oc2ccc(Cl)cc2C(=O)O)c(OC)c1. The predicted molar refractivity (Wildman–Crippen MR) is 80.9 cm³/mol. The van der Waals surface area contributed by atoms with Gasteiger partial charge in [0, 0.05) is 5.02 Å². The van der Waals surface area contributed by atoms with Crippen LogP contribution in [0.1, 0.15) is 22.8 Å². The Labute approximate surface area is 127 Å². The van der Waals surface area contributed by atoms with Gasteiger partial charge in [0.15, 0.2) is 11.5 Å². The molecule has 0 bridgehead atoms. The summed E-state index contributed by atoms with van der Waals surface area (Å²) in [5.74, 6) is 0.131. The molecule has 2 aromatic carbocycles. The van der Waals surface area contributed by atoms with E-state index in [1.807, 2.05) is 19.1 Å². The van der Waals surface area contributed by atoms with Gasteiger partial charge in [0.25, 0.3) is 0 Å². The molecule has 0 atom stereocenters. The van der Waals surface area contributed by atoms with Gasteiger partial charge < -0.3 is 14.6 Å². The molecule has 0 fully saturated rings. The zero-order chi connectivity index (χ0) is 15.4. The lowest BCUT2D eigenvalue weighted by Gasteiger charge is -2.13. The van der Waals surface area contributed by atoms with Crippen LogP contribution < -0.4 is 9.47 Å². The van der Waals surface area contributed by atoms with Gasteiger partial charge in [-0.3, -0.25) is 0 Å². The van der Waals surface area contributed by atoms with Gasteiger partial charge >= 0.3 is 5.97 Å². The average Bonchev–Trinajstić information content (AvgIpc) is 2.49. The molecule has 2 aromatic rings. The van der Waals surface area contributed by atoms with E-state index in [0.717, 1.165) is 12.0 Å². The number of ether oxygens (including phenoxy) is 2. The molecule has 110 valence electrons. The lowest BCUT2D eigenvalue weighted by Crippen LogP contribution is -2.01. The molecule has 0 radical (unpaired) electrons. The highest BCUT2D eigenvalue weighted by atomic mass is 35.5. The topological polar surface area (TPSA) is 55.8 Å². The minimum Gasteiger partial charge on any atom is -0.493 e. The van der Waals surface area contributed by atoms with Gasteiger partial charge in [-0.1, -0.05) is 24.6 Å². The van der Waals surface area contributed by atoms with Crippen LogP contribution in [0.4, 0.5) is 0 Å². The Hall–Kier alpha value is -2.20. The maximum absolute atomic E-state index is 11.2. The normalized spacial score (nSPS) is 10.2. The zero-order valence-corrected chi connectivity index (χ0v) is 12.5. The fourth-order valence-electron chi connectivity index (χ4n) is 1.89. The Kier molecular flexibility index (Phi) is 4.70. The molecule has 0 aliphatic rings. The van der Waals surface area contributed by atoms with E-state index in [4.69, 9.17) is 21.1 Å². The van der Waals surface area contributed by atoms with Gasteiger partial charge in [0.05, 0.1) is 7.11 Å². The standard InChI is InChI=1S/C16H15ClO4/c1-3-10-4-6-14(15(8-10)20-2)21-13-7-5-11(17)9-12(13)16(18)19/h4-9H,3H2,1-2H3,(H,18,19). The first-order valence-corrected chi connectivity index (χ1v) is 6.80. The van der Waals surface area contributed by atoms with Gasteiger partial charge in [0.2, 0.25) is 0 Å². The van der Waals surface area contributed by atoms with E-state index in [0.29, 0.717) is 16.5 Å². The van der Waals surface area contributed by atoms with E-state index in [1.165, 1.54) is 12.1 Å². The number of carbonyl (C=O) groups is 1. The second kappa shape index (κ2) is 6.50. The molecule has 0 spiro atoms. The Morgan fingerprint density at radius 2 is 1.86 bits per heavy atom. The predicted octanol–water partition coefficient (Wildman–Crippen LogP) is 4.40. The summed E-state index contributed by atoms with van der Waals surface area (Å²) in [5.41, 5.74) is 1.11. The van der Waals surface area contributed by atoms with Gasteiger partial charge in [-0.25, -0.2) is 4.79 Å². The highest BCUT2D eigenvalue weighted by Crippen LogP contribution is 2.34. The van der Waals surface area contributed by atoms with E-state index >= 15 is 0 Å². The molecule has 2 rings (SSSR count). The van der Waals surface area contributed by atoms with Crippen molar-refractivity contribution in [2.24, 2.45) is 0 Å². The van der Waals surface area contributed by atoms with Gasteiger partial charge in [-0.15, -0.1) is 0 Å². The molecule has 21 heavy (non-hydrogen) atoms. The summed E-state index contributed by atoms with van der Waals surface area (Å²) in [6, 6.07) is 10.00. The molecule has 0 saturated heterocycles. The van der Waals surface area contributed by atoms with Crippen LogP contribution in [0.2, 0.25) is 5.02 Å². The van der Waals surface area contributed by atoms with Crippen LogP contribution in [0.5, 0.6) is 17.2 Å². The molecule has 0 saturated carbocycles. The summed E-state index contributed by atoms with van der Waals surface area (Å²) in [6.07, 6.45) is 0.873. The minimum absolute atomic E-state index is 0.00382. The molecule has 0 aliphatic carbocycles. The van der Waals surface area contributed by atoms with E-state index < -0.39 is 5.97 Å². The lowest BCUT2D eigenvalue weighted by molar-refractivity contribution is 0.0694. The first-order chi connectivity index (χ1) is 10.0. The van der Waals surface area contributed by atoms with Crippen LogP contribution in [0.25, 0.3) is 0 Å². The van der Waals surface area contributed by atoms with E-state index in [-0.39, 0.29) is 11.3 Å². The van der Waals surface area contributed by atoms with Crippen molar-refractivity contribution >= 4 is 17.6 Å². The minimum atomic E-state index is -1.10. The maximum atomic E-state index is 11.2. The van der Waals surface area contributed by atoms with Crippen LogP contribution in [0, 0.1) is 0 Å². The summed E-state index contributed by atoms with van der Waals surface area (Å²) >= 11 is 5.82. The fourth-order valence-corrected chi connectivity index (χ4v) is 2.07. The second-order valence-electron chi connectivity index (χ2n) is 4.39. The first kappa shape index (κ1) is 15.2. The molecule has 0 heterocycles. The molecule has 0 aromatic heterocycles. The summed E-state index contributed by atoms with van der Waals surface area (Å²) in [7, 11) is 1.54. The smallest absolute Gasteiger partial charge is 0.339 e. The molecule has 1 N–H and O–H groups in total. The molecular formula is C16H15ClO4. The molecule has 0 aliphatic heterocycles. The monoisotopic (exact) mass is 306 g/mol. The van der Waals surface area contributed by atoms with Crippen molar-refractivity contribution in [1.29, 1.82) is 0 Å². The van der Waals surface area contributed by atoms with E-state index in [1.54, 1.807) is 19.2 Å². The number of aromatic carboxylic acids is 1. The molecule has 0 amide bonds. The van der Waals surface area contributed by atoms with Crippen molar-refractivity contribution in [3.8, 4) is 17.2 Å². The third-order valence-corrected chi connectivity index (χ3v) is 3.26. The van der Waals surface area contributed by atoms with Gasteiger partial charge in [-0.2, -0.15) is 0 Å². The zero-order valence-electron chi connectivity index (χ0n) is 11.7. The van der Waals surface area contributed by atoms with Crippen LogP contribution in [0.3, 0.4) is 0 Å². The molecule has 5 heteroatoms. The van der Waals surface area contributed by atoms with Crippen molar-refractivity contribution < 1.29 is 19.4 Å². The van der Waals surface area contributed by atoms with Crippen molar-refractivity contribution in [3.05, 3.63) is 52.5 Å². The Balaban J connectivity index is 2.40. The second-order valence-corrected chi connectivity index (χ2v) is 4.82. The highest BCUT2D eigenvalue weighted by Gasteiger charge is 2.15. The number of hydrogen-bond donors (Lipinski definition) is 1. The Morgan fingerprint density at radius 3 is 2.48 bits per heavy atom. The quantitative estimate of drug-likeness (QED) is 0.889. The van der Waals surface area contributed by atoms with Gasteiger partial charge in [0.1, 0.15) is 11.3 Å². The maximum Gasteiger partial charge on any atom is 0.339 e. The number of aryl methyl sites for hydroxylation is 1. The number of methoxy groups -OCH3 is 1. The molecule has 0 unspecified atom stereocenters. The fraction of sp³-hybridized carbons (Fsp3) is 0.188. The van der Waals surface area contributed by atoms with Crippen LogP contribution in [0.15, 0.2) is 36.4 Å². The van der Waals surface area contributed by atoms with Crippen molar-refractivity contribution in [2.75, 3.05) is 7.11 Å². The number of hydrogen-bond acceptors (Lipinski definition) is 3. The lowest BCUT2D eigenvalue weighted by atomic mass is 10.1. The average molecular weight is 307 g/mol. The number of carboxylic acids is 1. The van der Waals surface area contributed by atoms with Crippen LogP contribution in [-0.4, -0.2) is 18.2 Å². The van der Waals surface area contributed by atoms with Crippen molar-refractivity contribution in [2.45, 2.75) is 13.3 Å². The Morgan fingerprint density at radius 1 is 1.14 bits per heavy atom. The summed E-state index contributed by atoms with van der Waals surface area (Å²) in [4.78, 5) is 11.2. The summed E-state index contributed by atoms with van der Waals surface area (Å²) in [5, 5.41) is 9.55. The molecule has 4 nitrogen and oxygen atoms in total. The van der Waals surface area contributed by atoms with Gasteiger partial charge in [-0.05, 0) is 42.3 Å². The highest BCUT2D eigenvalue weighted by molar-refractivity contribution is 6.31. The largest absolute Gasteiger partial charge is 0.493 e. The summed E-state index contributed by atoms with van der Waals surface area (Å²) < 4.78 is 11.0. The number of halogens is 1. The van der Waals surface area contributed by atoms with Crippen molar-refractivity contribution in [3.63, 3.8) is 0 Å². The third-order valence-electron chi connectivity index (χ3n) is 3.03. The van der Waals surface area contributed by atoms with E-state index in [9.17, 15) is 9.90 Å². The third kappa shape index (κ3) is 3.47. The van der Waals surface area contributed by atoms with Crippen LogP contribution >= 0.6 is 11.6 Å². The van der Waals surface area contributed by atoms with Crippen molar-refractivity contribution in [1.82, 2.24) is 0 Å². The first-order valence-electron chi connectivity index (χ1n) is 6.42. The number of benzene rings is 2. The van der Waals surface area contributed by atoms with Crippen LogP contribution in [-0.2, 0) is 6.42 Å². The molecular weight excluding hydrogens is 292 g/mol.